The Kier molecular flexibility index (Phi) is 7.99. The van der Waals surface area contributed by atoms with Gasteiger partial charge in [-0.3, -0.25) is 4.79 Å². The first kappa shape index (κ1) is 22.4. The lowest BCUT2D eigenvalue weighted by Gasteiger charge is -2.47. The van der Waals surface area contributed by atoms with E-state index in [2.05, 4.69) is 5.32 Å². The van der Waals surface area contributed by atoms with Gasteiger partial charge in [-0.15, -0.1) is 0 Å². The summed E-state index contributed by atoms with van der Waals surface area (Å²) in [5, 5.41) is 14.3. The SMILES string of the molecule is CC(=O)NCC[C@@]1(O)C(C)OCC(OCc2ccccc2)C1OCc1ccccc1. The van der Waals surface area contributed by atoms with Crippen LogP contribution in [0.4, 0.5) is 0 Å². The largest absolute Gasteiger partial charge is 0.384 e. The quantitative estimate of drug-likeness (QED) is 0.661. The first-order valence-corrected chi connectivity index (χ1v) is 10.4. The molecular weight excluding hydrogens is 382 g/mol. The highest BCUT2D eigenvalue weighted by Crippen LogP contribution is 2.34. The van der Waals surface area contributed by atoms with Crippen LogP contribution in [0, 0.1) is 0 Å². The molecule has 0 spiro atoms. The van der Waals surface area contributed by atoms with E-state index in [1.54, 1.807) is 0 Å². The topological polar surface area (TPSA) is 77.0 Å². The Labute approximate surface area is 178 Å². The highest BCUT2D eigenvalue weighted by Gasteiger charge is 2.51. The van der Waals surface area contributed by atoms with Crippen molar-refractivity contribution in [3.63, 3.8) is 0 Å². The second-order valence-corrected chi connectivity index (χ2v) is 7.75. The highest BCUT2D eigenvalue weighted by atomic mass is 16.6. The molecule has 1 fully saturated rings. The molecule has 3 unspecified atom stereocenters. The molecule has 6 heteroatoms. The smallest absolute Gasteiger partial charge is 0.216 e. The molecule has 2 aromatic carbocycles. The third kappa shape index (κ3) is 5.89. The summed E-state index contributed by atoms with van der Waals surface area (Å²) in [5.74, 6) is -0.137. The van der Waals surface area contributed by atoms with Gasteiger partial charge in [-0.2, -0.15) is 0 Å². The summed E-state index contributed by atoms with van der Waals surface area (Å²) in [6, 6.07) is 19.7. The molecule has 1 saturated heterocycles. The van der Waals surface area contributed by atoms with Crippen molar-refractivity contribution in [2.75, 3.05) is 13.2 Å². The molecule has 0 bridgehead atoms. The number of nitrogens with one attached hydrogen (secondary N) is 1. The van der Waals surface area contributed by atoms with Crippen molar-refractivity contribution < 1.29 is 24.1 Å². The number of carbonyl (C=O) groups excluding carboxylic acids is 1. The van der Waals surface area contributed by atoms with Crippen LogP contribution in [0.25, 0.3) is 0 Å². The maximum atomic E-state index is 11.6. The van der Waals surface area contributed by atoms with Crippen LogP contribution in [0.5, 0.6) is 0 Å². The van der Waals surface area contributed by atoms with Crippen molar-refractivity contribution in [3.8, 4) is 0 Å². The maximum Gasteiger partial charge on any atom is 0.216 e. The lowest BCUT2D eigenvalue weighted by Crippen LogP contribution is -2.64. The number of benzene rings is 2. The predicted molar refractivity (Wildman–Crippen MR) is 114 cm³/mol. The molecule has 0 aromatic heterocycles. The Morgan fingerprint density at radius 2 is 1.63 bits per heavy atom. The van der Waals surface area contributed by atoms with E-state index in [1.165, 1.54) is 6.92 Å². The van der Waals surface area contributed by atoms with Crippen LogP contribution >= 0.6 is 0 Å². The molecular formula is C24H31NO5. The van der Waals surface area contributed by atoms with Gasteiger partial charge in [0.25, 0.3) is 0 Å². The van der Waals surface area contributed by atoms with Crippen LogP contribution in [-0.2, 0) is 32.2 Å². The third-order valence-corrected chi connectivity index (χ3v) is 5.52. The van der Waals surface area contributed by atoms with E-state index in [-0.39, 0.29) is 5.91 Å². The van der Waals surface area contributed by atoms with Gasteiger partial charge in [0.1, 0.15) is 17.8 Å². The van der Waals surface area contributed by atoms with Crippen molar-refractivity contribution >= 4 is 5.91 Å². The fourth-order valence-corrected chi connectivity index (χ4v) is 3.73. The summed E-state index contributed by atoms with van der Waals surface area (Å²) >= 11 is 0. The average molecular weight is 414 g/mol. The maximum absolute atomic E-state index is 11.6. The minimum Gasteiger partial charge on any atom is -0.384 e. The summed E-state index contributed by atoms with van der Waals surface area (Å²) in [4.78, 5) is 11.3. The van der Waals surface area contributed by atoms with Crippen LogP contribution in [0.2, 0.25) is 0 Å². The molecule has 1 aliphatic heterocycles. The zero-order valence-electron chi connectivity index (χ0n) is 17.6. The molecule has 1 amide bonds. The number of amides is 1. The van der Waals surface area contributed by atoms with Gasteiger partial charge in [0.2, 0.25) is 5.91 Å². The minimum atomic E-state index is -1.29. The van der Waals surface area contributed by atoms with E-state index in [1.807, 2.05) is 67.6 Å². The Balaban J connectivity index is 1.75. The van der Waals surface area contributed by atoms with Crippen LogP contribution in [0.1, 0.15) is 31.4 Å². The molecule has 0 radical (unpaired) electrons. The van der Waals surface area contributed by atoms with Crippen molar-refractivity contribution in [1.82, 2.24) is 5.32 Å². The lowest BCUT2D eigenvalue weighted by molar-refractivity contribution is -0.267. The van der Waals surface area contributed by atoms with E-state index >= 15 is 0 Å². The van der Waals surface area contributed by atoms with E-state index < -0.39 is 23.9 Å². The minimum absolute atomic E-state index is 0.137. The standard InChI is InChI=1S/C24H31NO5/c1-18-24(27,13-14-25-19(2)26)23(30-16-21-11-7-4-8-12-21)22(17-28-18)29-15-20-9-5-3-6-10-20/h3-12,18,22-23,27H,13-17H2,1-2H3,(H,25,26)/t18?,22?,23?,24-/m1/s1. The molecule has 4 atom stereocenters. The van der Waals surface area contributed by atoms with Gasteiger partial charge >= 0.3 is 0 Å². The molecule has 1 heterocycles. The van der Waals surface area contributed by atoms with Crippen LogP contribution in [0.15, 0.2) is 60.7 Å². The number of ether oxygens (including phenoxy) is 3. The normalized spacial score (nSPS) is 26.3. The van der Waals surface area contributed by atoms with Gasteiger partial charge in [-0.1, -0.05) is 60.7 Å². The van der Waals surface area contributed by atoms with Gasteiger partial charge < -0.3 is 24.6 Å². The van der Waals surface area contributed by atoms with Gasteiger partial charge in [0.05, 0.1) is 25.9 Å². The van der Waals surface area contributed by atoms with Crippen LogP contribution in [0.3, 0.4) is 0 Å². The monoisotopic (exact) mass is 413 g/mol. The molecule has 2 N–H and O–H groups in total. The van der Waals surface area contributed by atoms with Crippen LogP contribution in [-0.4, -0.2) is 48.1 Å². The third-order valence-electron chi connectivity index (χ3n) is 5.52. The number of carbonyl (C=O) groups is 1. The first-order valence-electron chi connectivity index (χ1n) is 10.4. The van der Waals surface area contributed by atoms with Gasteiger partial charge in [0, 0.05) is 13.5 Å². The molecule has 2 aromatic rings. The van der Waals surface area contributed by atoms with Crippen molar-refractivity contribution in [2.45, 2.75) is 57.4 Å². The van der Waals surface area contributed by atoms with Gasteiger partial charge in [-0.05, 0) is 24.5 Å². The number of hydrogen-bond acceptors (Lipinski definition) is 5. The molecule has 30 heavy (non-hydrogen) atoms. The van der Waals surface area contributed by atoms with Crippen molar-refractivity contribution in [2.24, 2.45) is 0 Å². The van der Waals surface area contributed by atoms with E-state index in [9.17, 15) is 9.90 Å². The molecule has 0 aliphatic carbocycles. The average Bonchev–Trinajstić information content (AvgIpc) is 2.75. The molecule has 1 aliphatic rings. The van der Waals surface area contributed by atoms with Crippen molar-refractivity contribution in [3.05, 3.63) is 71.8 Å². The zero-order chi connectivity index (χ0) is 21.4. The summed E-state index contributed by atoms with van der Waals surface area (Å²) in [6.45, 7) is 4.70. The van der Waals surface area contributed by atoms with Gasteiger partial charge in [0.15, 0.2) is 0 Å². The lowest BCUT2D eigenvalue weighted by atomic mass is 9.82. The predicted octanol–water partition coefficient (Wildman–Crippen LogP) is 2.83. The van der Waals surface area contributed by atoms with E-state index in [4.69, 9.17) is 14.2 Å². The first-order chi connectivity index (χ1) is 14.5. The highest BCUT2D eigenvalue weighted by molar-refractivity contribution is 5.72. The molecule has 6 nitrogen and oxygen atoms in total. The Bertz CT molecular complexity index is 785. The summed E-state index contributed by atoms with van der Waals surface area (Å²) < 4.78 is 18.3. The molecule has 0 saturated carbocycles. The van der Waals surface area contributed by atoms with Crippen molar-refractivity contribution in [1.29, 1.82) is 0 Å². The zero-order valence-corrected chi connectivity index (χ0v) is 17.6. The number of aliphatic hydroxyl groups is 1. The second kappa shape index (κ2) is 10.7. The second-order valence-electron chi connectivity index (χ2n) is 7.75. The fourth-order valence-electron chi connectivity index (χ4n) is 3.73. The summed E-state index contributed by atoms with van der Waals surface area (Å²) in [6.07, 6.45) is -1.19. The Hall–Kier alpha value is -2.25. The number of rotatable bonds is 9. The summed E-state index contributed by atoms with van der Waals surface area (Å²) in [5.41, 5.74) is 0.763. The number of hydrogen-bond donors (Lipinski definition) is 2. The Morgan fingerprint density at radius 3 is 2.20 bits per heavy atom. The van der Waals surface area contributed by atoms with Gasteiger partial charge in [-0.25, -0.2) is 0 Å². The van der Waals surface area contributed by atoms with E-state index in [0.717, 1.165) is 11.1 Å². The summed E-state index contributed by atoms with van der Waals surface area (Å²) in [7, 11) is 0. The van der Waals surface area contributed by atoms with Crippen LogP contribution < -0.4 is 5.32 Å². The molecule has 3 rings (SSSR count). The van der Waals surface area contributed by atoms with E-state index in [0.29, 0.717) is 32.8 Å². The Morgan fingerprint density at radius 1 is 1.07 bits per heavy atom. The fraction of sp³-hybridized carbons (Fsp3) is 0.458. The molecule has 162 valence electrons.